The van der Waals surface area contributed by atoms with Gasteiger partial charge in [-0.05, 0) is 30.7 Å². The van der Waals surface area contributed by atoms with Gasteiger partial charge in [0.1, 0.15) is 0 Å². The highest BCUT2D eigenvalue weighted by Crippen LogP contribution is 2.27. The zero-order valence-electron chi connectivity index (χ0n) is 15.8. The Morgan fingerprint density at radius 3 is 2.72 bits per heavy atom. The first-order valence-corrected chi connectivity index (χ1v) is 10.7. The number of rotatable bonds is 7. The number of halogens is 1. The fraction of sp³-hybridized carbons (Fsp3) is 0.238. The Morgan fingerprint density at radius 2 is 1.90 bits per heavy atom. The average Bonchev–Trinajstić information content (AvgIpc) is 3.19. The van der Waals surface area contributed by atoms with Gasteiger partial charge in [0.15, 0.2) is 11.0 Å². The number of thioether (sulfide) groups is 1. The van der Waals surface area contributed by atoms with Gasteiger partial charge in [0.05, 0.1) is 27.4 Å². The number of nitrogens with zero attached hydrogens (tertiary/aromatic N) is 4. The molecule has 8 heteroatoms. The summed E-state index contributed by atoms with van der Waals surface area (Å²) in [6.45, 7) is 2.12. The second-order valence-electron chi connectivity index (χ2n) is 6.50. The highest BCUT2D eigenvalue weighted by molar-refractivity contribution is 7.98. The Hall–Kier alpha value is -2.64. The molecule has 0 aliphatic rings. The number of fused-ring (bicyclic) bond motifs is 1. The molecular weight excluding hydrogens is 408 g/mol. The third-order valence-corrected chi connectivity index (χ3v) is 5.67. The van der Waals surface area contributed by atoms with Crippen LogP contribution in [0.5, 0.6) is 0 Å². The number of aryl methyl sites for hydroxylation is 1. The van der Waals surface area contributed by atoms with E-state index in [9.17, 15) is 4.79 Å². The lowest BCUT2D eigenvalue weighted by Gasteiger charge is -2.13. The minimum atomic E-state index is -0.166. The van der Waals surface area contributed by atoms with Crippen molar-refractivity contribution < 1.29 is 4.52 Å². The van der Waals surface area contributed by atoms with Crippen molar-refractivity contribution in [3.05, 3.63) is 75.6 Å². The number of aromatic nitrogens is 4. The molecule has 0 aliphatic heterocycles. The number of unbranched alkanes of at least 4 members (excludes halogenated alkanes) is 1. The lowest BCUT2D eigenvalue weighted by Crippen LogP contribution is -2.22. The lowest BCUT2D eigenvalue weighted by molar-refractivity contribution is 0.384. The standard InChI is InChI=1S/C21H19ClN4O2S/c1-2-3-12-18-24-19(28-25-18)13-29-21-23-16-10-6-4-8-14(16)20(27)26(21)17-11-7-5-9-15(17)22/h4-11H,2-3,12-13H2,1H3. The highest BCUT2D eigenvalue weighted by Gasteiger charge is 2.16. The quantitative estimate of drug-likeness (QED) is 0.304. The predicted molar refractivity (Wildman–Crippen MR) is 115 cm³/mol. The first-order chi connectivity index (χ1) is 14.2. The normalized spacial score (nSPS) is 11.2. The van der Waals surface area contributed by atoms with Crippen LogP contribution >= 0.6 is 23.4 Å². The summed E-state index contributed by atoms with van der Waals surface area (Å²) in [6, 6.07) is 14.5. The molecule has 0 fully saturated rings. The summed E-state index contributed by atoms with van der Waals surface area (Å²) < 4.78 is 6.89. The minimum Gasteiger partial charge on any atom is -0.338 e. The van der Waals surface area contributed by atoms with Gasteiger partial charge in [-0.2, -0.15) is 4.98 Å². The summed E-state index contributed by atoms with van der Waals surface area (Å²) in [7, 11) is 0. The Kier molecular flexibility index (Phi) is 5.97. The van der Waals surface area contributed by atoms with Crippen LogP contribution in [0, 0.1) is 0 Å². The molecule has 0 saturated carbocycles. The van der Waals surface area contributed by atoms with Crippen molar-refractivity contribution in [2.24, 2.45) is 0 Å². The molecule has 0 saturated heterocycles. The Labute approximate surface area is 176 Å². The second kappa shape index (κ2) is 8.80. The highest BCUT2D eigenvalue weighted by atomic mass is 35.5. The summed E-state index contributed by atoms with van der Waals surface area (Å²) >= 11 is 7.75. The molecule has 0 radical (unpaired) electrons. The molecule has 2 aromatic carbocycles. The van der Waals surface area contributed by atoms with Crippen molar-refractivity contribution in [2.45, 2.75) is 37.1 Å². The van der Waals surface area contributed by atoms with E-state index in [1.807, 2.05) is 30.3 Å². The van der Waals surface area contributed by atoms with Crippen molar-refractivity contribution >= 4 is 34.3 Å². The third-order valence-electron chi connectivity index (χ3n) is 4.43. The molecule has 2 heterocycles. The van der Waals surface area contributed by atoms with Crippen LogP contribution < -0.4 is 5.56 Å². The van der Waals surface area contributed by atoms with Gasteiger partial charge in [-0.3, -0.25) is 9.36 Å². The maximum absolute atomic E-state index is 13.2. The number of hydrogen-bond donors (Lipinski definition) is 0. The van der Waals surface area contributed by atoms with Crippen LogP contribution in [-0.4, -0.2) is 19.7 Å². The van der Waals surface area contributed by atoms with Gasteiger partial charge in [0.2, 0.25) is 5.89 Å². The van der Waals surface area contributed by atoms with Crippen molar-refractivity contribution in [3.8, 4) is 5.69 Å². The lowest BCUT2D eigenvalue weighted by atomic mass is 10.2. The van der Waals surface area contributed by atoms with E-state index < -0.39 is 0 Å². The monoisotopic (exact) mass is 426 g/mol. The first kappa shape index (κ1) is 19.7. The molecule has 6 nitrogen and oxygen atoms in total. The van der Waals surface area contributed by atoms with Crippen LogP contribution in [0.4, 0.5) is 0 Å². The topological polar surface area (TPSA) is 73.8 Å². The maximum Gasteiger partial charge on any atom is 0.266 e. The van der Waals surface area contributed by atoms with Gasteiger partial charge in [-0.25, -0.2) is 4.98 Å². The molecule has 0 aliphatic carbocycles. The fourth-order valence-electron chi connectivity index (χ4n) is 2.97. The Balaban J connectivity index is 1.73. The fourth-order valence-corrected chi connectivity index (χ4v) is 4.03. The molecule has 0 spiro atoms. The van der Waals surface area contributed by atoms with E-state index in [1.165, 1.54) is 11.8 Å². The third kappa shape index (κ3) is 4.21. The summed E-state index contributed by atoms with van der Waals surface area (Å²) in [5.41, 5.74) is 1.06. The summed E-state index contributed by atoms with van der Waals surface area (Å²) in [5.74, 6) is 1.63. The molecule has 0 amide bonds. The molecule has 2 aromatic heterocycles. The van der Waals surface area contributed by atoms with E-state index in [0.29, 0.717) is 44.2 Å². The number of benzene rings is 2. The van der Waals surface area contributed by atoms with Gasteiger partial charge in [-0.15, -0.1) is 0 Å². The van der Waals surface area contributed by atoms with Crippen molar-refractivity contribution in [3.63, 3.8) is 0 Å². The van der Waals surface area contributed by atoms with Crippen LogP contribution in [0.25, 0.3) is 16.6 Å². The van der Waals surface area contributed by atoms with E-state index in [2.05, 4.69) is 17.1 Å². The summed E-state index contributed by atoms with van der Waals surface area (Å²) in [5, 5.41) is 5.56. The van der Waals surface area contributed by atoms with Gasteiger partial charge in [-0.1, -0.05) is 66.1 Å². The van der Waals surface area contributed by atoms with Crippen molar-refractivity contribution in [1.29, 1.82) is 0 Å². The molecule has 0 atom stereocenters. The molecule has 0 N–H and O–H groups in total. The SMILES string of the molecule is CCCCc1noc(CSc2nc3ccccc3c(=O)n2-c2ccccc2Cl)n1. The van der Waals surface area contributed by atoms with Crippen LogP contribution in [0.1, 0.15) is 31.5 Å². The van der Waals surface area contributed by atoms with Gasteiger partial charge in [0.25, 0.3) is 5.56 Å². The van der Waals surface area contributed by atoms with E-state index in [0.717, 1.165) is 19.3 Å². The Bertz CT molecular complexity index is 1200. The molecule has 148 valence electrons. The number of hydrogen-bond acceptors (Lipinski definition) is 6. The second-order valence-corrected chi connectivity index (χ2v) is 7.85. The molecule has 0 unspecified atom stereocenters. The summed E-state index contributed by atoms with van der Waals surface area (Å²) in [4.78, 5) is 22.4. The predicted octanol–water partition coefficient (Wildman–Crippen LogP) is 5.06. The summed E-state index contributed by atoms with van der Waals surface area (Å²) in [6.07, 6.45) is 2.89. The zero-order valence-corrected chi connectivity index (χ0v) is 17.4. The van der Waals surface area contributed by atoms with Crippen molar-refractivity contribution in [2.75, 3.05) is 0 Å². The minimum absolute atomic E-state index is 0.166. The largest absolute Gasteiger partial charge is 0.338 e. The van der Waals surface area contributed by atoms with E-state index in [1.54, 1.807) is 22.8 Å². The van der Waals surface area contributed by atoms with Gasteiger partial charge in [0, 0.05) is 6.42 Å². The molecule has 29 heavy (non-hydrogen) atoms. The number of para-hydroxylation sites is 2. The van der Waals surface area contributed by atoms with E-state index in [-0.39, 0.29) is 5.56 Å². The van der Waals surface area contributed by atoms with Crippen molar-refractivity contribution in [1.82, 2.24) is 19.7 Å². The van der Waals surface area contributed by atoms with E-state index >= 15 is 0 Å². The molecule has 0 bridgehead atoms. The molecular formula is C21H19ClN4O2S. The van der Waals surface area contributed by atoms with Gasteiger partial charge < -0.3 is 4.52 Å². The van der Waals surface area contributed by atoms with Crippen LogP contribution in [0.2, 0.25) is 5.02 Å². The molecule has 4 aromatic rings. The van der Waals surface area contributed by atoms with Crippen LogP contribution in [-0.2, 0) is 12.2 Å². The zero-order chi connectivity index (χ0) is 20.2. The maximum atomic E-state index is 13.2. The average molecular weight is 427 g/mol. The Morgan fingerprint density at radius 1 is 1.10 bits per heavy atom. The smallest absolute Gasteiger partial charge is 0.266 e. The first-order valence-electron chi connectivity index (χ1n) is 9.38. The van der Waals surface area contributed by atoms with E-state index in [4.69, 9.17) is 21.1 Å². The van der Waals surface area contributed by atoms with Gasteiger partial charge >= 0.3 is 0 Å². The van der Waals surface area contributed by atoms with Crippen LogP contribution in [0.3, 0.4) is 0 Å². The molecule has 4 rings (SSSR count). The van der Waals surface area contributed by atoms with Crippen LogP contribution in [0.15, 0.2) is 63.0 Å².